The Balaban J connectivity index is 1.41. The fourth-order valence-electron chi connectivity index (χ4n) is 2.40. The summed E-state index contributed by atoms with van der Waals surface area (Å²) in [5.41, 5.74) is 1.10. The Morgan fingerprint density at radius 3 is 2.89 bits per heavy atom. The van der Waals surface area contributed by atoms with Crippen molar-refractivity contribution in [2.75, 3.05) is 5.32 Å². The van der Waals surface area contributed by atoms with E-state index in [9.17, 15) is 4.79 Å². The van der Waals surface area contributed by atoms with Crippen molar-refractivity contribution in [1.82, 2.24) is 19.7 Å². The van der Waals surface area contributed by atoms with Gasteiger partial charge in [-0.2, -0.15) is 5.10 Å². The minimum atomic E-state index is -0.230. The van der Waals surface area contributed by atoms with Gasteiger partial charge in [0.25, 0.3) is 5.91 Å². The van der Waals surface area contributed by atoms with E-state index in [4.69, 9.17) is 4.74 Å². The fraction of sp³-hybridized carbons (Fsp3) is 0.0526. The van der Waals surface area contributed by atoms with Crippen LogP contribution in [0.1, 0.15) is 15.2 Å². The highest BCUT2D eigenvalue weighted by atomic mass is 32.1. The van der Waals surface area contributed by atoms with Crippen LogP contribution in [-0.2, 0) is 6.61 Å². The molecule has 0 aliphatic rings. The Kier molecular flexibility index (Phi) is 4.88. The molecule has 0 spiro atoms. The van der Waals surface area contributed by atoms with E-state index in [2.05, 4.69) is 20.4 Å². The van der Waals surface area contributed by atoms with Crippen molar-refractivity contribution in [1.29, 1.82) is 0 Å². The normalized spacial score (nSPS) is 10.5. The van der Waals surface area contributed by atoms with Crippen LogP contribution in [0.15, 0.2) is 72.8 Å². The third kappa shape index (κ3) is 4.18. The predicted molar refractivity (Wildman–Crippen MR) is 102 cm³/mol. The fourth-order valence-corrected chi connectivity index (χ4v) is 3.02. The number of nitrogens with zero attached hydrogens (tertiary/aromatic N) is 4. The lowest BCUT2D eigenvalue weighted by Gasteiger charge is -2.08. The summed E-state index contributed by atoms with van der Waals surface area (Å²) in [6.45, 7) is 0.483. The first kappa shape index (κ1) is 16.9. The van der Waals surface area contributed by atoms with Crippen molar-refractivity contribution < 1.29 is 9.53 Å². The summed E-state index contributed by atoms with van der Waals surface area (Å²) in [7, 11) is 0. The molecule has 8 heteroatoms. The molecule has 4 aromatic rings. The van der Waals surface area contributed by atoms with E-state index >= 15 is 0 Å². The summed E-state index contributed by atoms with van der Waals surface area (Å²) >= 11 is 1.63. The molecule has 3 heterocycles. The molecule has 0 fully saturated rings. The molecular weight excluding hydrogens is 362 g/mol. The Hall–Kier alpha value is -3.52. The monoisotopic (exact) mass is 377 g/mol. The zero-order chi connectivity index (χ0) is 18.5. The summed E-state index contributed by atoms with van der Waals surface area (Å²) < 4.78 is 7.29. The molecule has 0 aliphatic carbocycles. The molecule has 4 rings (SSSR count). The molecular formula is C19H15N5O2S. The van der Waals surface area contributed by atoms with Gasteiger partial charge < -0.3 is 10.1 Å². The van der Waals surface area contributed by atoms with Crippen LogP contribution in [0.5, 0.6) is 5.75 Å². The molecule has 0 atom stereocenters. The van der Waals surface area contributed by atoms with Crippen LogP contribution in [0.25, 0.3) is 5.82 Å². The first-order chi connectivity index (χ1) is 13.3. The first-order valence-electron chi connectivity index (χ1n) is 8.15. The van der Waals surface area contributed by atoms with Crippen LogP contribution < -0.4 is 10.1 Å². The number of aromatic nitrogens is 4. The Labute approximate surface area is 159 Å². The second kappa shape index (κ2) is 7.79. The number of hydrogen-bond donors (Lipinski definition) is 1. The Morgan fingerprint density at radius 2 is 2.15 bits per heavy atom. The van der Waals surface area contributed by atoms with E-state index in [1.165, 1.54) is 6.33 Å². The molecule has 7 nitrogen and oxygen atoms in total. The van der Waals surface area contributed by atoms with Crippen LogP contribution in [0, 0.1) is 0 Å². The van der Waals surface area contributed by atoms with Crippen molar-refractivity contribution >= 4 is 22.9 Å². The summed E-state index contributed by atoms with van der Waals surface area (Å²) in [5, 5.41) is 8.84. The average Bonchev–Trinajstić information content (AvgIpc) is 3.41. The van der Waals surface area contributed by atoms with Crippen molar-refractivity contribution in [2.24, 2.45) is 0 Å². The number of ether oxygens (including phenoxy) is 1. The number of rotatable bonds is 6. The maximum Gasteiger partial charge on any atom is 0.255 e. The van der Waals surface area contributed by atoms with Gasteiger partial charge >= 0.3 is 0 Å². The minimum absolute atomic E-state index is 0.230. The largest absolute Gasteiger partial charge is 0.488 e. The number of carbonyl (C=O) groups is 1. The lowest BCUT2D eigenvalue weighted by atomic mass is 10.2. The average molecular weight is 377 g/mol. The molecule has 27 heavy (non-hydrogen) atoms. The van der Waals surface area contributed by atoms with Crippen molar-refractivity contribution in [3.63, 3.8) is 0 Å². The Morgan fingerprint density at radius 1 is 1.19 bits per heavy atom. The van der Waals surface area contributed by atoms with Gasteiger partial charge in [0.05, 0.1) is 11.9 Å². The second-order valence-electron chi connectivity index (χ2n) is 5.60. The first-order valence-corrected chi connectivity index (χ1v) is 9.03. The third-order valence-corrected chi connectivity index (χ3v) is 4.57. The van der Waals surface area contributed by atoms with Gasteiger partial charge in [-0.05, 0) is 41.8 Å². The summed E-state index contributed by atoms with van der Waals surface area (Å²) in [5.74, 6) is 1.04. The van der Waals surface area contributed by atoms with Crippen LogP contribution in [0.4, 0.5) is 5.69 Å². The smallest absolute Gasteiger partial charge is 0.255 e. The quantitative estimate of drug-likeness (QED) is 0.556. The number of nitrogens with one attached hydrogen (secondary N) is 1. The standard InChI is InChI=1S/C19H15N5O2S/c25-19(23-15-6-7-18(21-10-15)24-13-20-12-22-24)14-3-1-4-16(9-14)26-11-17-5-2-8-27-17/h1-10,12-13H,11H2,(H,23,25). The molecule has 1 amide bonds. The number of thiophene rings is 1. The number of amides is 1. The Bertz CT molecular complexity index is 1010. The molecule has 0 saturated heterocycles. The van der Waals surface area contributed by atoms with Gasteiger partial charge in [0.15, 0.2) is 5.82 Å². The second-order valence-corrected chi connectivity index (χ2v) is 6.63. The van der Waals surface area contributed by atoms with E-state index in [0.29, 0.717) is 29.4 Å². The third-order valence-electron chi connectivity index (χ3n) is 3.72. The van der Waals surface area contributed by atoms with Crippen LogP contribution in [0.3, 0.4) is 0 Å². The zero-order valence-corrected chi connectivity index (χ0v) is 15.0. The summed E-state index contributed by atoms with van der Waals surface area (Å²) in [6, 6.07) is 14.6. The highest BCUT2D eigenvalue weighted by Crippen LogP contribution is 2.18. The van der Waals surface area contributed by atoms with E-state index in [-0.39, 0.29) is 5.91 Å². The van der Waals surface area contributed by atoms with Gasteiger partial charge in [-0.25, -0.2) is 14.6 Å². The van der Waals surface area contributed by atoms with Gasteiger partial charge in [-0.1, -0.05) is 12.1 Å². The van der Waals surface area contributed by atoms with E-state index in [0.717, 1.165) is 4.88 Å². The molecule has 1 aromatic carbocycles. The van der Waals surface area contributed by atoms with Gasteiger partial charge in [0.1, 0.15) is 25.0 Å². The SMILES string of the molecule is O=C(Nc1ccc(-n2cncn2)nc1)c1cccc(OCc2cccs2)c1. The molecule has 0 aliphatic heterocycles. The van der Waals surface area contributed by atoms with E-state index in [1.807, 2.05) is 23.6 Å². The van der Waals surface area contributed by atoms with Gasteiger partial charge in [0.2, 0.25) is 0 Å². The van der Waals surface area contributed by atoms with Crippen LogP contribution in [0.2, 0.25) is 0 Å². The van der Waals surface area contributed by atoms with E-state index in [1.54, 1.807) is 58.9 Å². The molecule has 0 unspecified atom stereocenters. The lowest BCUT2D eigenvalue weighted by molar-refractivity contribution is 0.102. The lowest BCUT2D eigenvalue weighted by Crippen LogP contribution is -2.12. The van der Waals surface area contributed by atoms with Gasteiger partial charge in [0, 0.05) is 10.4 Å². The molecule has 0 saturated carbocycles. The van der Waals surface area contributed by atoms with Crippen LogP contribution in [-0.4, -0.2) is 25.7 Å². The topological polar surface area (TPSA) is 81.9 Å². The van der Waals surface area contributed by atoms with E-state index < -0.39 is 0 Å². The predicted octanol–water partition coefficient (Wildman–Crippen LogP) is 3.56. The molecule has 1 N–H and O–H groups in total. The van der Waals surface area contributed by atoms with Crippen molar-refractivity contribution in [2.45, 2.75) is 6.61 Å². The van der Waals surface area contributed by atoms with Gasteiger partial charge in [-0.3, -0.25) is 4.79 Å². The molecule has 0 bridgehead atoms. The maximum absolute atomic E-state index is 12.5. The molecule has 0 radical (unpaired) electrons. The van der Waals surface area contributed by atoms with Crippen LogP contribution >= 0.6 is 11.3 Å². The number of anilines is 1. The highest BCUT2D eigenvalue weighted by Gasteiger charge is 2.08. The van der Waals surface area contributed by atoms with Crippen molar-refractivity contribution in [3.05, 3.63) is 83.2 Å². The molecule has 3 aromatic heterocycles. The number of pyridine rings is 1. The number of hydrogen-bond acceptors (Lipinski definition) is 6. The highest BCUT2D eigenvalue weighted by molar-refractivity contribution is 7.09. The number of benzene rings is 1. The minimum Gasteiger partial charge on any atom is -0.488 e. The number of carbonyl (C=O) groups excluding carboxylic acids is 1. The molecule has 134 valence electrons. The van der Waals surface area contributed by atoms with Crippen molar-refractivity contribution in [3.8, 4) is 11.6 Å². The summed E-state index contributed by atoms with van der Waals surface area (Å²) in [6.07, 6.45) is 4.57. The van der Waals surface area contributed by atoms with Gasteiger partial charge in [-0.15, -0.1) is 11.3 Å². The maximum atomic E-state index is 12.5. The zero-order valence-electron chi connectivity index (χ0n) is 14.1. The summed E-state index contributed by atoms with van der Waals surface area (Å²) in [4.78, 5) is 21.8.